The van der Waals surface area contributed by atoms with Gasteiger partial charge >= 0.3 is 5.69 Å². The van der Waals surface area contributed by atoms with E-state index in [1.165, 1.54) is 30.2 Å². The number of hydrogen-bond donors (Lipinski definition) is 0. The minimum atomic E-state index is -1.22. The monoisotopic (exact) mass is 297 g/mol. The number of rotatable bonds is 3. The predicted molar refractivity (Wildman–Crippen MR) is 71.5 cm³/mol. The number of imidazole rings is 1. The zero-order chi connectivity index (χ0) is 15.2. The fourth-order valence-corrected chi connectivity index (χ4v) is 2.67. The average molecular weight is 297 g/mol. The summed E-state index contributed by atoms with van der Waals surface area (Å²) >= 11 is 0.959. The lowest BCUT2D eigenvalue weighted by Gasteiger charge is -2.11. The van der Waals surface area contributed by atoms with E-state index in [2.05, 4.69) is 4.98 Å². The largest absolute Gasteiger partial charge is 0.549 e. The Hall–Kier alpha value is -2.03. The number of hydrogen-bond acceptors (Lipinski definition) is 6. The molecule has 2 rings (SSSR count). The van der Waals surface area contributed by atoms with Gasteiger partial charge in [-0.15, -0.1) is 0 Å². The van der Waals surface area contributed by atoms with E-state index in [1.54, 1.807) is 7.05 Å². The SMILES string of the molecule is CC(Sc1nc2c(=O)n(C)c(=O)n(C)c2n1C)C(=O)[O-]. The summed E-state index contributed by atoms with van der Waals surface area (Å²) in [5.74, 6) is -1.22. The summed E-state index contributed by atoms with van der Waals surface area (Å²) in [5, 5.41) is 10.3. The molecule has 1 atom stereocenters. The third kappa shape index (κ3) is 2.03. The van der Waals surface area contributed by atoms with Crippen molar-refractivity contribution >= 4 is 28.9 Å². The van der Waals surface area contributed by atoms with Gasteiger partial charge in [-0.1, -0.05) is 11.8 Å². The minimum absolute atomic E-state index is 0.130. The quantitative estimate of drug-likeness (QED) is 0.620. The number of carbonyl (C=O) groups is 1. The number of aromatic nitrogens is 4. The van der Waals surface area contributed by atoms with Crippen molar-refractivity contribution in [2.45, 2.75) is 17.3 Å². The Morgan fingerprint density at radius 1 is 1.20 bits per heavy atom. The second-order valence-electron chi connectivity index (χ2n) is 4.41. The van der Waals surface area contributed by atoms with Crippen LogP contribution in [0.15, 0.2) is 14.7 Å². The summed E-state index contributed by atoms with van der Waals surface area (Å²) in [7, 11) is 4.52. The number of carboxylic acid groups (broad SMARTS) is 1. The Labute approximate surface area is 117 Å². The van der Waals surface area contributed by atoms with Crippen molar-refractivity contribution in [2.75, 3.05) is 0 Å². The van der Waals surface area contributed by atoms with Crippen molar-refractivity contribution in [3.8, 4) is 0 Å². The molecule has 2 heterocycles. The molecule has 0 saturated heterocycles. The molecule has 0 N–H and O–H groups in total. The molecule has 0 spiro atoms. The molecule has 0 bridgehead atoms. The highest BCUT2D eigenvalue weighted by atomic mass is 32.2. The average Bonchev–Trinajstić information content (AvgIpc) is 2.71. The van der Waals surface area contributed by atoms with E-state index >= 15 is 0 Å². The van der Waals surface area contributed by atoms with Gasteiger partial charge in [-0.05, 0) is 6.92 Å². The van der Waals surface area contributed by atoms with Crippen molar-refractivity contribution in [2.24, 2.45) is 21.1 Å². The zero-order valence-corrected chi connectivity index (χ0v) is 12.2. The number of fused-ring (bicyclic) bond motifs is 1. The first-order valence-corrected chi connectivity index (χ1v) is 6.63. The Kier molecular flexibility index (Phi) is 3.46. The highest BCUT2D eigenvalue weighted by Crippen LogP contribution is 2.23. The second-order valence-corrected chi connectivity index (χ2v) is 5.72. The summed E-state index contributed by atoms with van der Waals surface area (Å²) in [4.78, 5) is 38.8. The van der Waals surface area contributed by atoms with E-state index in [1.807, 2.05) is 0 Å². The van der Waals surface area contributed by atoms with Gasteiger partial charge in [-0.3, -0.25) is 13.9 Å². The summed E-state index contributed by atoms with van der Waals surface area (Å²) in [6.07, 6.45) is 0. The molecular weight excluding hydrogens is 284 g/mol. The third-order valence-corrected chi connectivity index (χ3v) is 4.16. The maximum Gasteiger partial charge on any atom is 0.332 e. The maximum absolute atomic E-state index is 12.0. The molecule has 0 aliphatic carbocycles. The van der Waals surface area contributed by atoms with Gasteiger partial charge in [-0.2, -0.15) is 0 Å². The number of nitrogens with zero attached hydrogens (tertiary/aromatic N) is 4. The van der Waals surface area contributed by atoms with Crippen LogP contribution in [0.2, 0.25) is 0 Å². The van der Waals surface area contributed by atoms with Crippen molar-refractivity contribution in [1.82, 2.24) is 18.7 Å². The zero-order valence-electron chi connectivity index (χ0n) is 11.4. The number of carbonyl (C=O) groups excluding carboxylic acids is 1. The van der Waals surface area contributed by atoms with Crippen LogP contribution in [0.25, 0.3) is 11.2 Å². The molecule has 0 fully saturated rings. The van der Waals surface area contributed by atoms with Gasteiger partial charge in [0.2, 0.25) is 0 Å². The van der Waals surface area contributed by atoms with Crippen LogP contribution in [0.5, 0.6) is 0 Å². The first-order chi connectivity index (χ1) is 9.25. The van der Waals surface area contributed by atoms with Crippen LogP contribution in [0.4, 0.5) is 0 Å². The van der Waals surface area contributed by atoms with Crippen molar-refractivity contribution in [3.05, 3.63) is 20.8 Å². The van der Waals surface area contributed by atoms with E-state index in [0.717, 1.165) is 16.3 Å². The molecule has 8 nitrogen and oxygen atoms in total. The van der Waals surface area contributed by atoms with Crippen LogP contribution in [-0.4, -0.2) is 29.9 Å². The van der Waals surface area contributed by atoms with E-state index < -0.39 is 22.5 Å². The first-order valence-electron chi connectivity index (χ1n) is 5.75. The number of aryl methyl sites for hydroxylation is 2. The van der Waals surface area contributed by atoms with Crippen LogP contribution >= 0.6 is 11.8 Å². The number of carboxylic acids is 1. The molecule has 0 aliphatic rings. The molecule has 0 saturated carbocycles. The van der Waals surface area contributed by atoms with E-state index in [4.69, 9.17) is 0 Å². The topological polar surface area (TPSA) is 102 Å². The molecule has 0 amide bonds. The number of thioether (sulfide) groups is 1. The molecular formula is C11H13N4O4S-. The van der Waals surface area contributed by atoms with E-state index in [-0.39, 0.29) is 5.52 Å². The Morgan fingerprint density at radius 3 is 2.35 bits per heavy atom. The minimum Gasteiger partial charge on any atom is -0.549 e. The summed E-state index contributed by atoms with van der Waals surface area (Å²) in [6, 6.07) is 0. The van der Waals surface area contributed by atoms with Gasteiger partial charge in [0.25, 0.3) is 5.56 Å². The Bertz CT molecular complexity index is 816. The van der Waals surface area contributed by atoms with Gasteiger partial charge in [0.05, 0.1) is 5.97 Å². The van der Waals surface area contributed by atoms with Crippen molar-refractivity contribution < 1.29 is 9.90 Å². The lowest BCUT2D eigenvalue weighted by atomic mass is 10.5. The number of aliphatic carboxylic acids is 1. The van der Waals surface area contributed by atoms with E-state index in [0.29, 0.717) is 10.8 Å². The molecule has 9 heteroatoms. The summed E-state index contributed by atoms with van der Waals surface area (Å²) in [5.41, 5.74) is -0.488. The molecule has 1 unspecified atom stereocenters. The molecule has 0 radical (unpaired) electrons. The highest BCUT2D eigenvalue weighted by molar-refractivity contribution is 8.00. The lowest BCUT2D eigenvalue weighted by molar-refractivity contribution is -0.304. The van der Waals surface area contributed by atoms with Gasteiger partial charge in [-0.25, -0.2) is 9.78 Å². The lowest BCUT2D eigenvalue weighted by Crippen LogP contribution is -2.37. The third-order valence-electron chi connectivity index (χ3n) is 3.04. The fourth-order valence-electron chi connectivity index (χ4n) is 1.87. The molecule has 20 heavy (non-hydrogen) atoms. The van der Waals surface area contributed by atoms with E-state index in [9.17, 15) is 19.5 Å². The highest BCUT2D eigenvalue weighted by Gasteiger charge is 2.18. The van der Waals surface area contributed by atoms with Gasteiger partial charge in [0.1, 0.15) is 0 Å². The molecule has 2 aromatic heterocycles. The van der Waals surface area contributed by atoms with Crippen molar-refractivity contribution in [3.63, 3.8) is 0 Å². The molecule has 108 valence electrons. The summed E-state index contributed by atoms with van der Waals surface area (Å²) < 4.78 is 3.80. The smallest absolute Gasteiger partial charge is 0.332 e. The molecule has 0 aliphatic heterocycles. The van der Waals surface area contributed by atoms with Crippen molar-refractivity contribution in [1.29, 1.82) is 0 Å². The molecule has 2 aromatic rings. The standard InChI is InChI=1S/C11H14N4O4S/c1-5(9(17)18)20-10-12-6-7(13(10)2)14(3)11(19)15(4)8(6)16/h5H,1-4H3,(H,17,18)/p-1. The predicted octanol–water partition coefficient (Wildman–Crippen LogP) is -1.80. The van der Waals surface area contributed by atoms with Gasteiger partial charge < -0.3 is 14.5 Å². The van der Waals surface area contributed by atoms with Gasteiger partial charge in [0, 0.05) is 26.4 Å². The fraction of sp³-hybridized carbons (Fsp3) is 0.455. The van der Waals surface area contributed by atoms with Crippen LogP contribution < -0.4 is 16.4 Å². The first kappa shape index (κ1) is 14.4. The van der Waals surface area contributed by atoms with Crippen LogP contribution in [0.1, 0.15) is 6.92 Å². The van der Waals surface area contributed by atoms with Crippen LogP contribution in [0, 0.1) is 0 Å². The second kappa shape index (κ2) is 4.82. The molecule has 0 aromatic carbocycles. The Morgan fingerprint density at radius 2 is 1.80 bits per heavy atom. The van der Waals surface area contributed by atoms with Crippen LogP contribution in [-0.2, 0) is 25.9 Å². The summed E-state index contributed by atoms with van der Waals surface area (Å²) in [6.45, 7) is 1.47. The van der Waals surface area contributed by atoms with Gasteiger partial charge in [0.15, 0.2) is 16.3 Å². The van der Waals surface area contributed by atoms with Crippen LogP contribution in [0.3, 0.4) is 0 Å². The normalized spacial score (nSPS) is 12.8. The maximum atomic E-state index is 12.0. The Balaban J connectivity index is 2.74.